The summed E-state index contributed by atoms with van der Waals surface area (Å²) in [7, 11) is 0. The zero-order valence-electron chi connectivity index (χ0n) is 17.4. The Morgan fingerprint density at radius 1 is 1.31 bits per heavy atom. The third kappa shape index (κ3) is 4.63. The fourth-order valence-electron chi connectivity index (χ4n) is 3.96. The number of carbonyl (C=O) groups excluding carboxylic acids is 2. The molecule has 2 aliphatic heterocycles. The van der Waals surface area contributed by atoms with Crippen LogP contribution in [0.2, 0.25) is 0 Å². The number of amides is 2. The van der Waals surface area contributed by atoms with Gasteiger partial charge in [0, 0.05) is 20.0 Å². The molecule has 3 heterocycles. The van der Waals surface area contributed by atoms with Crippen LogP contribution >= 0.6 is 0 Å². The monoisotopic (exact) mass is 452 g/mol. The summed E-state index contributed by atoms with van der Waals surface area (Å²) in [6, 6.07) is 4.48. The summed E-state index contributed by atoms with van der Waals surface area (Å²) < 4.78 is 47.0. The number of aromatic nitrogens is 3. The van der Waals surface area contributed by atoms with Crippen molar-refractivity contribution in [3.63, 3.8) is 0 Å². The second-order valence-corrected chi connectivity index (χ2v) is 7.83. The van der Waals surface area contributed by atoms with E-state index < -0.39 is 24.4 Å². The van der Waals surface area contributed by atoms with E-state index >= 15 is 0 Å². The lowest BCUT2D eigenvalue weighted by molar-refractivity contribution is -0.119. The number of nitrogens with zero attached hydrogens (tertiary/aromatic N) is 5. The van der Waals surface area contributed by atoms with Crippen molar-refractivity contribution in [3.8, 4) is 0 Å². The van der Waals surface area contributed by atoms with Gasteiger partial charge in [-0.1, -0.05) is 5.21 Å². The summed E-state index contributed by atoms with van der Waals surface area (Å²) in [5.41, 5.74) is 0.425. The van der Waals surface area contributed by atoms with Crippen LogP contribution in [0.4, 0.5) is 29.3 Å². The van der Waals surface area contributed by atoms with Crippen molar-refractivity contribution in [3.05, 3.63) is 35.9 Å². The van der Waals surface area contributed by atoms with Gasteiger partial charge < -0.3 is 15.0 Å². The highest BCUT2D eigenvalue weighted by Crippen LogP contribution is 2.31. The van der Waals surface area contributed by atoms with Gasteiger partial charge in [-0.2, -0.15) is 0 Å². The van der Waals surface area contributed by atoms with Crippen LogP contribution in [0.15, 0.2) is 24.4 Å². The fraction of sp³-hybridized carbons (Fsp3) is 0.500. The number of halogens is 3. The lowest BCUT2D eigenvalue weighted by Gasteiger charge is -2.33. The van der Waals surface area contributed by atoms with E-state index in [0.29, 0.717) is 37.3 Å². The van der Waals surface area contributed by atoms with Crippen LogP contribution in [0, 0.1) is 5.82 Å². The first-order valence-corrected chi connectivity index (χ1v) is 10.3. The second-order valence-electron chi connectivity index (χ2n) is 7.83. The van der Waals surface area contributed by atoms with Gasteiger partial charge in [0.1, 0.15) is 17.6 Å². The summed E-state index contributed by atoms with van der Waals surface area (Å²) >= 11 is 0. The molecule has 2 aromatic rings. The molecule has 0 radical (unpaired) electrons. The Balaban J connectivity index is 1.37. The van der Waals surface area contributed by atoms with Gasteiger partial charge in [-0.3, -0.25) is 9.69 Å². The number of ether oxygens (including phenoxy) is 1. The molecule has 32 heavy (non-hydrogen) atoms. The van der Waals surface area contributed by atoms with Gasteiger partial charge in [-0.25, -0.2) is 22.6 Å². The maximum atomic E-state index is 14.9. The second kappa shape index (κ2) is 9.05. The van der Waals surface area contributed by atoms with E-state index in [9.17, 15) is 22.8 Å². The van der Waals surface area contributed by atoms with Gasteiger partial charge in [-0.05, 0) is 31.0 Å². The van der Waals surface area contributed by atoms with Crippen LogP contribution in [0.3, 0.4) is 0 Å². The van der Waals surface area contributed by atoms with E-state index in [0.717, 1.165) is 0 Å². The Morgan fingerprint density at radius 2 is 2.06 bits per heavy atom. The topological polar surface area (TPSA) is 92.6 Å². The van der Waals surface area contributed by atoms with Crippen LogP contribution in [0.1, 0.15) is 37.9 Å². The number of cyclic esters (lactones) is 1. The van der Waals surface area contributed by atoms with Gasteiger partial charge in [0.25, 0.3) is 6.43 Å². The number of hydrogen-bond acceptors (Lipinski definition) is 6. The van der Waals surface area contributed by atoms with Gasteiger partial charge in [0.15, 0.2) is 0 Å². The molecule has 0 aliphatic carbocycles. The molecular weight excluding hydrogens is 429 g/mol. The van der Waals surface area contributed by atoms with Crippen molar-refractivity contribution in [1.82, 2.24) is 20.3 Å². The number of rotatable bonds is 6. The lowest BCUT2D eigenvalue weighted by atomic mass is 10.0. The van der Waals surface area contributed by atoms with Gasteiger partial charge in [0.2, 0.25) is 5.91 Å². The SMILES string of the molecule is CC(=O)NCC1CN(c2ccc(N3CCC(n4cc(C(F)F)nn4)CC3)c(F)c2)C(=O)O1. The number of hydrogen-bond donors (Lipinski definition) is 1. The molecular formula is C20H23F3N6O3. The molecule has 1 aromatic heterocycles. The molecule has 0 bridgehead atoms. The Bertz CT molecular complexity index is 993. The molecule has 2 fully saturated rings. The maximum Gasteiger partial charge on any atom is 0.414 e. The molecule has 4 rings (SSSR count). The predicted octanol–water partition coefficient (Wildman–Crippen LogP) is 2.66. The smallest absolute Gasteiger partial charge is 0.414 e. The first-order chi connectivity index (χ1) is 15.3. The van der Waals surface area contributed by atoms with E-state index in [2.05, 4.69) is 15.6 Å². The molecule has 1 atom stereocenters. The standard InChI is InChI=1S/C20H23F3N6O3/c1-12(30)24-9-15-10-28(20(31)32-15)14-2-3-18(16(21)8-14)27-6-4-13(5-7-27)29-11-17(19(22)23)25-26-29/h2-3,8,11,13,15,19H,4-7,9-10H2,1H3,(H,24,30). The van der Waals surface area contributed by atoms with Crippen LogP contribution in [-0.4, -0.2) is 59.3 Å². The molecule has 1 unspecified atom stereocenters. The van der Waals surface area contributed by atoms with Crippen molar-refractivity contribution in [2.24, 2.45) is 0 Å². The summed E-state index contributed by atoms with van der Waals surface area (Å²) in [6.45, 7) is 2.82. The molecule has 1 N–H and O–H groups in total. The fourth-order valence-corrected chi connectivity index (χ4v) is 3.96. The lowest BCUT2D eigenvalue weighted by Crippen LogP contribution is -2.35. The quantitative estimate of drug-likeness (QED) is 0.725. The van der Waals surface area contributed by atoms with Crippen molar-refractivity contribution < 1.29 is 27.5 Å². The first-order valence-electron chi connectivity index (χ1n) is 10.3. The van der Waals surface area contributed by atoms with Crippen molar-refractivity contribution in [2.45, 2.75) is 38.3 Å². The Morgan fingerprint density at radius 3 is 2.69 bits per heavy atom. The van der Waals surface area contributed by atoms with Gasteiger partial charge >= 0.3 is 6.09 Å². The van der Waals surface area contributed by atoms with Gasteiger partial charge in [0.05, 0.1) is 36.7 Å². The molecule has 2 amide bonds. The molecule has 12 heteroatoms. The molecule has 2 saturated heterocycles. The summed E-state index contributed by atoms with van der Waals surface area (Å²) in [5, 5.41) is 9.87. The highest BCUT2D eigenvalue weighted by molar-refractivity contribution is 5.90. The van der Waals surface area contributed by atoms with Crippen LogP contribution in [0.5, 0.6) is 0 Å². The van der Waals surface area contributed by atoms with Crippen LogP contribution in [0.25, 0.3) is 0 Å². The number of anilines is 2. The molecule has 1 aromatic carbocycles. The molecule has 0 spiro atoms. The van der Waals surface area contributed by atoms with E-state index in [1.165, 1.54) is 28.8 Å². The average molecular weight is 452 g/mol. The molecule has 172 valence electrons. The predicted molar refractivity (Wildman–Crippen MR) is 108 cm³/mol. The largest absolute Gasteiger partial charge is 0.442 e. The molecule has 9 nitrogen and oxygen atoms in total. The number of nitrogens with one attached hydrogen (secondary N) is 1. The molecule has 0 saturated carbocycles. The summed E-state index contributed by atoms with van der Waals surface area (Å²) in [5.74, 6) is -0.697. The number of benzene rings is 1. The van der Waals surface area contributed by atoms with Crippen molar-refractivity contribution >= 4 is 23.4 Å². The summed E-state index contributed by atoms with van der Waals surface area (Å²) in [6.07, 6.45) is -1.29. The van der Waals surface area contributed by atoms with Crippen molar-refractivity contribution in [1.29, 1.82) is 0 Å². The zero-order valence-corrected chi connectivity index (χ0v) is 17.4. The third-order valence-corrected chi connectivity index (χ3v) is 5.63. The minimum Gasteiger partial charge on any atom is -0.442 e. The minimum atomic E-state index is -2.66. The van der Waals surface area contributed by atoms with E-state index in [4.69, 9.17) is 4.74 Å². The number of carbonyl (C=O) groups is 2. The minimum absolute atomic E-state index is 0.0755. The number of alkyl halides is 2. The Kier molecular flexibility index (Phi) is 6.19. The Hall–Kier alpha value is -3.31. The molecule has 2 aliphatic rings. The normalized spacial score (nSPS) is 19.5. The van der Waals surface area contributed by atoms with Crippen LogP contribution in [-0.2, 0) is 9.53 Å². The Labute approximate surface area is 182 Å². The third-order valence-electron chi connectivity index (χ3n) is 5.63. The highest BCUT2D eigenvalue weighted by atomic mass is 19.3. The van der Waals surface area contributed by atoms with E-state index in [1.807, 2.05) is 4.90 Å². The van der Waals surface area contributed by atoms with Crippen LogP contribution < -0.4 is 15.1 Å². The maximum absolute atomic E-state index is 14.9. The average Bonchev–Trinajstić information content (AvgIpc) is 3.39. The summed E-state index contributed by atoms with van der Waals surface area (Å²) in [4.78, 5) is 26.4. The highest BCUT2D eigenvalue weighted by Gasteiger charge is 2.33. The number of piperidine rings is 1. The first kappa shape index (κ1) is 21.9. The van der Waals surface area contributed by atoms with E-state index in [-0.39, 0.29) is 30.7 Å². The van der Waals surface area contributed by atoms with Crippen molar-refractivity contribution in [2.75, 3.05) is 36.0 Å². The zero-order chi connectivity index (χ0) is 22.8. The van der Waals surface area contributed by atoms with E-state index in [1.54, 1.807) is 12.1 Å². The van der Waals surface area contributed by atoms with Gasteiger partial charge in [-0.15, -0.1) is 5.10 Å².